The first-order chi connectivity index (χ1) is 9.47. The van der Waals surface area contributed by atoms with Gasteiger partial charge in [-0.15, -0.1) is 0 Å². The Labute approximate surface area is 119 Å². The third kappa shape index (κ3) is 3.16. The van der Waals surface area contributed by atoms with Gasteiger partial charge in [0.05, 0.1) is 5.69 Å². The number of nitrogens with two attached hydrogens (primary N) is 1. The summed E-state index contributed by atoms with van der Waals surface area (Å²) in [5.41, 5.74) is 6.53. The number of rotatable bonds is 4. The molecule has 0 radical (unpaired) electrons. The van der Waals surface area contributed by atoms with Crippen LogP contribution < -0.4 is 5.73 Å². The van der Waals surface area contributed by atoms with E-state index in [4.69, 9.17) is 22.1 Å². The molecule has 1 aromatic heterocycles. The lowest BCUT2D eigenvalue weighted by Crippen LogP contribution is -2.30. The van der Waals surface area contributed by atoms with Gasteiger partial charge in [0.25, 0.3) is 5.91 Å². The van der Waals surface area contributed by atoms with Crippen molar-refractivity contribution in [1.82, 2.24) is 10.2 Å². The van der Waals surface area contributed by atoms with Gasteiger partial charge in [-0.2, -0.15) is 5.10 Å². The minimum atomic E-state index is -0.996. The summed E-state index contributed by atoms with van der Waals surface area (Å²) in [5.74, 6) is -1.40. The molecule has 0 spiro atoms. The molecule has 0 aliphatic carbocycles. The van der Waals surface area contributed by atoms with Crippen LogP contribution in [0, 0.1) is 0 Å². The van der Waals surface area contributed by atoms with Crippen molar-refractivity contribution >= 4 is 23.5 Å². The Morgan fingerprint density at radius 1 is 1.35 bits per heavy atom. The largest absolute Gasteiger partial charge is 0.448 e. The van der Waals surface area contributed by atoms with Crippen molar-refractivity contribution in [3.63, 3.8) is 0 Å². The van der Waals surface area contributed by atoms with Crippen LogP contribution in [0.5, 0.6) is 0 Å². The molecule has 0 aliphatic heterocycles. The Bertz CT molecular complexity index is 637. The highest BCUT2D eigenvalue weighted by atomic mass is 35.5. The second-order valence-corrected chi connectivity index (χ2v) is 4.56. The molecule has 20 heavy (non-hydrogen) atoms. The van der Waals surface area contributed by atoms with Crippen LogP contribution in [0.1, 0.15) is 17.4 Å². The first-order valence-corrected chi connectivity index (χ1v) is 6.17. The van der Waals surface area contributed by atoms with E-state index in [1.165, 1.54) is 13.0 Å². The van der Waals surface area contributed by atoms with Gasteiger partial charge in [-0.05, 0) is 25.1 Å². The summed E-state index contributed by atoms with van der Waals surface area (Å²) in [4.78, 5) is 22.6. The van der Waals surface area contributed by atoms with Gasteiger partial charge in [0, 0.05) is 10.6 Å². The van der Waals surface area contributed by atoms with E-state index in [0.29, 0.717) is 10.7 Å². The van der Waals surface area contributed by atoms with E-state index in [9.17, 15) is 9.59 Å². The summed E-state index contributed by atoms with van der Waals surface area (Å²) < 4.78 is 4.86. The maximum absolute atomic E-state index is 11.7. The number of nitrogens with zero attached hydrogens (tertiary/aromatic N) is 1. The molecule has 0 bridgehead atoms. The fourth-order valence-corrected chi connectivity index (χ4v) is 1.60. The smallest absolute Gasteiger partial charge is 0.357 e. The monoisotopic (exact) mass is 293 g/mol. The fourth-order valence-electron chi connectivity index (χ4n) is 1.48. The van der Waals surface area contributed by atoms with Gasteiger partial charge in [-0.25, -0.2) is 4.79 Å². The second kappa shape index (κ2) is 5.75. The zero-order chi connectivity index (χ0) is 14.7. The molecule has 1 aromatic carbocycles. The lowest BCUT2D eigenvalue weighted by atomic mass is 10.1. The van der Waals surface area contributed by atoms with E-state index < -0.39 is 18.0 Å². The zero-order valence-electron chi connectivity index (χ0n) is 10.6. The number of H-pyrrole nitrogens is 1. The minimum Gasteiger partial charge on any atom is -0.448 e. The normalized spacial score (nSPS) is 11.9. The first-order valence-electron chi connectivity index (χ1n) is 5.79. The number of amides is 1. The predicted octanol–water partition coefficient (Wildman–Crippen LogP) is 1.76. The lowest BCUT2D eigenvalue weighted by molar-refractivity contribution is -0.125. The van der Waals surface area contributed by atoms with Crippen LogP contribution in [0.3, 0.4) is 0 Å². The van der Waals surface area contributed by atoms with Gasteiger partial charge >= 0.3 is 5.97 Å². The third-order valence-electron chi connectivity index (χ3n) is 2.62. The molecule has 2 aromatic rings. The number of hydrogen-bond donors (Lipinski definition) is 2. The number of aromatic amines is 1. The van der Waals surface area contributed by atoms with Crippen LogP contribution in [-0.2, 0) is 9.53 Å². The highest BCUT2D eigenvalue weighted by Gasteiger charge is 2.18. The first kappa shape index (κ1) is 14.1. The van der Waals surface area contributed by atoms with Crippen molar-refractivity contribution in [2.45, 2.75) is 13.0 Å². The summed E-state index contributed by atoms with van der Waals surface area (Å²) in [6, 6.07) is 8.52. The van der Waals surface area contributed by atoms with Crippen LogP contribution in [0.2, 0.25) is 5.02 Å². The molecule has 6 nitrogen and oxygen atoms in total. The van der Waals surface area contributed by atoms with Gasteiger partial charge in [0.15, 0.2) is 6.10 Å². The molecule has 2 rings (SSSR count). The van der Waals surface area contributed by atoms with Gasteiger partial charge in [-0.3, -0.25) is 9.89 Å². The number of carbonyl (C=O) groups excluding carboxylic acids is 2. The molecule has 1 atom stereocenters. The van der Waals surface area contributed by atoms with E-state index in [-0.39, 0.29) is 5.69 Å². The molecule has 1 amide bonds. The summed E-state index contributed by atoms with van der Waals surface area (Å²) in [7, 11) is 0. The average Bonchev–Trinajstić information content (AvgIpc) is 2.89. The summed E-state index contributed by atoms with van der Waals surface area (Å²) in [5, 5.41) is 7.17. The topological polar surface area (TPSA) is 98.1 Å². The van der Waals surface area contributed by atoms with Crippen LogP contribution >= 0.6 is 11.6 Å². The fraction of sp³-hybridized carbons (Fsp3) is 0.154. The molecule has 1 heterocycles. The Morgan fingerprint density at radius 3 is 2.60 bits per heavy atom. The van der Waals surface area contributed by atoms with Gasteiger partial charge in [0.1, 0.15) is 5.69 Å². The summed E-state index contributed by atoms with van der Waals surface area (Å²) in [6.45, 7) is 1.40. The van der Waals surface area contributed by atoms with Crippen LogP contribution in [-0.4, -0.2) is 28.2 Å². The summed E-state index contributed by atoms with van der Waals surface area (Å²) in [6.07, 6.45) is -0.996. The molecule has 0 fully saturated rings. The molecule has 0 aliphatic rings. The number of halogens is 1. The van der Waals surface area contributed by atoms with Crippen molar-refractivity contribution in [2.75, 3.05) is 0 Å². The number of benzene rings is 1. The van der Waals surface area contributed by atoms with E-state index in [0.717, 1.165) is 5.56 Å². The molecule has 0 saturated heterocycles. The standard InChI is InChI=1S/C13H12ClN3O3/c1-7(12(15)18)20-13(19)11-6-10(16-17-11)8-2-4-9(14)5-3-8/h2-7H,1H3,(H2,15,18)(H,16,17)/t7-/m0/s1. The molecular weight excluding hydrogens is 282 g/mol. The van der Waals surface area contributed by atoms with Crippen molar-refractivity contribution in [1.29, 1.82) is 0 Å². The van der Waals surface area contributed by atoms with Crippen LogP contribution in [0.15, 0.2) is 30.3 Å². The molecule has 104 valence electrons. The number of hydrogen-bond acceptors (Lipinski definition) is 4. The van der Waals surface area contributed by atoms with Crippen molar-refractivity contribution in [2.24, 2.45) is 5.73 Å². The van der Waals surface area contributed by atoms with Crippen molar-refractivity contribution < 1.29 is 14.3 Å². The maximum atomic E-state index is 11.7. The predicted molar refractivity (Wildman–Crippen MR) is 73.1 cm³/mol. The van der Waals surface area contributed by atoms with E-state index in [1.807, 2.05) is 0 Å². The maximum Gasteiger partial charge on any atom is 0.357 e. The number of esters is 1. The zero-order valence-corrected chi connectivity index (χ0v) is 11.3. The van der Waals surface area contributed by atoms with Crippen LogP contribution in [0.25, 0.3) is 11.3 Å². The van der Waals surface area contributed by atoms with E-state index in [2.05, 4.69) is 10.2 Å². The number of ether oxygens (including phenoxy) is 1. The Kier molecular flexibility index (Phi) is 4.05. The molecule has 7 heteroatoms. The highest BCUT2D eigenvalue weighted by molar-refractivity contribution is 6.30. The summed E-state index contributed by atoms with van der Waals surface area (Å²) >= 11 is 5.80. The van der Waals surface area contributed by atoms with Gasteiger partial charge < -0.3 is 10.5 Å². The number of aromatic nitrogens is 2. The highest BCUT2D eigenvalue weighted by Crippen LogP contribution is 2.20. The lowest BCUT2D eigenvalue weighted by Gasteiger charge is -2.07. The Morgan fingerprint density at radius 2 is 2.00 bits per heavy atom. The SMILES string of the molecule is C[C@H](OC(=O)c1cc(-c2ccc(Cl)cc2)n[nH]1)C(N)=O. The number of primary amides is 1. The van der Waals surface area contributed by atoms with Gasteiger partial charge in [-0.1, -0.05) is 23.7 Å². The second-order valence-electron chi connectivity index (χ2n) is 4.12. The van der Waals surface area contributed by atoms with Crippen molar-refractivity contribution in [3.05, 3.63) is 41.0 Å². The van der Waals surface area contributed by atoms with Gasteiger partial charge in [0.2, 0.25) is 0 Å². The Hall–Kier alpha value is -2.34. The average molecular weight is 294 g/mol. The van der Waals surface area contributed by atoms with E-state index >= 15 is 0 Å². The molecule has 3 N–H and O–H groups in total. The third-order valence-corrected chi connectivity index (χ3v) is 2.87. The quantitative estimate of drug-likeness (QED) is 0.839. The number of nitrogens with one attached hydrogen (secondary N) is 1. The molecule has 0 saturated carbocycles. The Balaban J connectivity index is 2.14. The van der Waals surface area contributed by atoms with Crippen LogP contribution in [0.4, 0.5) is 0 Å². The molecular formula is C13H12ClN3O3. The molecule has 0 unspecified atom stereocenters. The minimum absolute atomic E-state index is 0.142. The van der Waals surface area contributed by atoms with Crippen molar-refractivity contribution in [3.8, 4) is 11.3 Å². The number of carbonyl (C=O) groups is 2. The van der Waals surface area contributed by atoms with E-state index in [1.54, 1.807) is 24.3 Å².